The number of halogens is 1. The lowest BCUT2D eigenvalue weighted by Crippen LogP contribution is -2.33. The smallest absolute Gasteiger partial charge is 0.123 e. The van der Waals surface area contributed by atoms with Gasteiger partial charge in [-0.2, -0.15) is 5.10 Å². The molecule has 0 aliphatic heterocycles. The standard InChI is InChI=1S/C24H29FN6S2/c1-17(23-28-12-13-33-23)24(9-3-10-29-27-2)15-18(16-26)22(14-19(24)8-11-30-32)31-21-6-4-20(25)5-7-21/h4-7,10,12-14,16,27,30,32H,1,3,8-9,11,15,26H2,2H3/b18-16?,29-10-,31-22?. The zero-order valence-electron chi connectivity index (χ0n) is 18.6. The minimum absolute atomic E-state index is 0.296. The summed E-state index contributed by atoms with van der Waals surface area (Å²) in [4.78, 5) is 9.31. The molecule has 3 rings (SSSR count). The topological polar surface area (TPSA) is 87.7 Å². The maximum absolute atomic E-state index is 13.4. The molecule has 2 aromatic rings. The summed E-state index contributed by atoms with van der Waals surface area (Å²) in [6.45, 7) is 5.17. The summed E-state index contributed by atoms with van der Waals surface area (Å²) in [5.41, 5.74) is 13.0. The second-order valence-electron chi connectivity index (χ2n) is 7.64. The molecule has 1 aliphatic rings. The van der Waals surface area contributed by atoms with Gasteiger partial charge >= 0.3 is 0 Å². The van der Waals surface area contributed by atoms with E-state index in [1.807, 2.05) is 11.6 Å². The van der Waals surface area contributed by atoms with Gasteiger partial charge in [0.2, 0.25) is 0 Å². The monoisotopic (exact) mass is 484 g/mol. The van der Waals surface area contributed by atoms with E-state index in [0.29, 0.717) is 18.7 Å². The molecule has 1 atom stereocenters. The van der Waals surface area contributed by atoms with Gasteiger partial charge in [0.25, 0.3) is 0 Å². The highest BCUT2D eigenvalue weighted by Crippen LogP contribution is 2.52. The molecular formula is C24H29FN6S2. The third-order valence-corrected chi connectivity index (χ3v) is 6.78. The number of nitrogens with zero attached hydrogens (tertiary/aromatic N) is 3. The van der Waals surface area contributed by atoms with E-state index in [4.69, 9.17) is 10.7 Å². The first-order valence-corrected chi connectivity index (χ1v) is 12.0. The Kier molecular flexibility index (Phi) is 8.99. The van der Waals surface area contributed by atoms with Crippen molar-refractivity contribution in [2.45, 2.75) is 25.7 Å². The normalized spacial score (nSPS) is 21.0. The number of hydrazone groups is 1. The molecule has 1 aromatic carbocycles. The fourth-order valence-electron chi connectivity index (χ4n) is 4.07. The lowest BCUT2D eigenvalue weighted by Gasteiger charge is -2.41. The number of aromatic nitrogens is 1. The molecule has 0 bridgehead atoms. The molecule has 0 saturated carbocycles. The van der Waals surface area contributed by atoms with Crippen molar-refractivity contribution < 1.29 is 4.39 Å². The average molecular weight is 485 g/mol. The van der Waals surface area contributed by atoms with Crippen molar-refractivity contribution in [2.24, 2.45) is 21.2 Å². The Labute approximate surface area is 203 Å². The molecule has 0 radical (unpaired) electrons. The Bertz CT molecular complexity index is 1060. The van der Waals surface area contributed by atoms with E-state index < -0.39 is 5.41 Å². The largest absolute Gasteiger partial charge is 0.404 e. The van der Waals surface area contributed by atoms with Crippen molar-refractivity contribution in [3.05, 3.63) is 76.7 Å². The van der Waals surface area contributed by atoms with Crippen LogP contribution < -0.4 is 15.9 Å². The van der Waals surface area contributed by atoms with Crippen LogP contribution in [0.3, 0.4) is 0 Å². The minimum atomic E-state index is -0.394. The minimum Gasteiger partial charge on any atom is -0.404 e. The number of allylic oxidation sites excluding steroid dienone is 3. The van der Waals surface area contributed by atoms with E-state index in [1.165, 1.54) is 17.7 Å². The van der Waals surface area contributed by atoms with Gasteiger partial charge in [-0.25, -0.2) is 14.4 Å². The zero-order chi connectivity index (χ0) is 23.7. The highest BCUT2D eigenvalue weighted by atomic mass is 32.1. The second kappa shape index (κ2) is 11.9. The van der Waals surface area contributed by atoms with Gasteiger partial charge in [0.05, 0.1) is 11.4 Å². The molecule has 0 amide bonds. The fraction of sp³-hybridized carbons (Fsp3) is 0.292. The lowest BCUT2D eigenvalue weighted by molar-refractivity contribution is 0.430. The Morgan fingerprint density at radius 3 is 2.82 bits per heavy atom. The molecule has 1 aliphatic carbocycles. The van der Waals surface area contributed by atoms with Crippen molar-refractivity contribution >= 4 is 47.3 Å². The van der Waals surface area contributed by atoms with E-state index in [9.17, 15) is 4.39 Å². The summed E-state index contributed by atoms with van der Waals surface area (Å²) in [5.74, 6) is -0.296. The van der Waals surface area contributed by atoms with Crippen LogP contribution in [0.4, 0.5) is 10.1 Å². The fourth-order valence-corrected chi connectivity index (χ4v) is 4.90. The number of benzene rings is 1. The quantitative estimate of drug-likeness (QED) is 0.216. The van der Waals surface area contributed by atoms with E-state index in [2.05, 4.69) is 45.7 Å². The van der Waals surface area contributed by atoms with Gasteiger partial charge in [0.1, 0.15) is 10.8 Å². The van der Waals surface area contributed by atoms with Gasteiger partial charge in [-0.05, 0) is 73.4 Å². The van der Waals surface area contributed by atoms with Gasteiger partial charge < -0.3 is 11.2 Å². The summed E-state index contributed by atoms with van der Waals surface area (Å²) >= 11 is 5.77. The number of thiazole rings is 1. The molecule has 4 N–H and O–H groups in total. The van der Waals surface area contributed by atoms with Crippen LogP contribution in [-0.4, -0.2) is 30.5 Å². The van der Waals surface area contributed by atoms with Crippen molar-refractivity contribution in [2.75, 3.05) is 13.6 Å². The molecule has 1 heterocycles. The molecular weight excluding hydrogens is 455 g/mol. The Morgan fingerprint density at radius 1 is 1.39 bits per heavy atom. The highest BCUT2D eigenvalue weighted by molar-refractivity contribution is 7.78. The second-order valence-corrected chi connectivity index (χ2v) is 8.85. The van der Waals surface area contributed by atoms with Crippen molar-refractivity contribution in [3.63, 3.8) is 0 Å². The third-order valence-electron chi connectivity index (χ3n) is 5.72. The first-order chi connectivity index (χ1) is 16.0. The van der Waals surface area contributed by atoms with Gasteiger partial charge in [-0.1, -0.05) is 25.0 Å². The zero-order valence-corrected chi connectivity index (χ0v) is 20.3. The number of nitrogens with one attached hydrogen (secondary N) is 2. The number of hydrogen-bond donors (Lipinski definition) is 4. The molecule has 0 spiro atoms. The summed E-state index contributed by atoms with van der Waals surface area (Å²) in [5, 5.41) is 7.02. The van der Waals surface area contributed by atoms with Crippen LogP contribution in [0.15, 0.2) is 75.9 Å². The molecule has 9 heteroatoms. The Morgan fingerprint density at radius 2 is 2.18 bits per heavy atom. The van der Waals surface area contributed by atoms with Crippen LogP contribution in [-0.2, 0) is 0 Å². The number of thiol groups is 1. The maximum atomic E-state index is 13.4. The van der Waals surface area contributed by atoms with Gasteiger partial charge in [0.15, 0.2) is 0 Å². The van der Waals surface area contributed by atoms with Gasteiger partial charge in [-0.15, -0.1) is 11.3 Å². The summed E-state index contributed by atoms with van der Waals surface area (Å²) < 4.78 is 16.3. The van der Waals surface area contributed by atoms with Crippen molar-refractivity contribution in [1.82, 2.24) is 15.1 Å². The summed E-state index contributed by atoms with van der Waals surface area (Å²) in [6.07, 6.45) is 10.3. The number of rotatable bonds is 10. The molecule has 6 nitrogen and oxygen atoms in total. The highest BCUT2D eigenvalue weighted by Gasteiger charge is 2.42. The summed E-state index contributed by atoms with van der Waals surface area (Å²) in [6, 6.07) is 6.12. The average Bonchev–Trinajstić information content (AvgIpc) is 3.37. The first kappa shape index (κ1) is 24.9. The number of nitrogens with two attached hydrogens (primary N) is 1. The van der Waals surface area contributed by atoms with Gasteiger partial charge in [-0.3, -0.25) is 4.72 Å². The third kappa shape index (κ3) is 5.98. The van der Waals surface area contributed by atoms with E-state index in [-0.39, 0.29) is 5.82 Å². The molecule has 33 heavy (non-hydrogen) atoms. The lowest BCUT2D eigenvalue weighted by atomic mass is 9.63. The van der Waals surface area contributed by atoms with Crippen molar-refractivity contribution in [1.29, 1.82) is 0 Å². The predicted octanol–water partition coefficient (Wildman–Crippen LogP) is 5.04. The number of hydrogen-bond acceptors (Lipinski definition) is 8. The van der Waals surface area contributed by atoms with E-state index >= 15 is 0 Å². The Hall–Kier alpha value is -2.75. The molecule has 174 valence electrons. The van der Waals surface area contributed by atoms with E-state index in [1.54, 1.807) is 42.9 Å². The van der Waals surface area contributed by atoms with Crippen LogP contribution in [0.5, 0.6) is 0 Å². The molecule has 1 unspecified atom stereocenters. The molecule has 0 fully saturated rings. The predicted molar refractivity (Wildman–Crippen MR) is 140 cm³/mol. The Balaban J connectivity index is 2.12. The van der Waals surface area contributed by atoms with Crippen LogP contribution in [0.1, 0.15) is 30.7 Å². The van der Waals surface area contributed by atoms with Gasteiger partial charge in [0, 0.05) is 36.8 Å². The van der Waals surface area contributed by atoms with Crippen LogP contribution in [0, 0.1) is 11.2 Å². The SMILES string of the molecule is C=C(c1nccs1)C1(CC/C=N\NC)CC(=CN)C(=Nc2ccc(F)cc2)C=C1CCNS. The number of aliphatic imine (C=N–C) groups is 1. The van der Waals surface area contributed by atoms with Crippen LogP contribution in [0.25, 0.3) is 5.57 Å². The van der Waals surface area contributed by atoms with Crippen molar-refractivity contribution in [3.8, 4) is 0 Å². The first-order valence-electron chi connectivity index (χ1n) is 10.6. The van der Waals surface area contributed by atoms with E-state index in [0.717, 1.165) is 41.1 Å². The summed E-state index contributed by atoms with van der Waals surface area (Å²) in [7, 11) is 1.78. The van der Waals surface area contributed by atoms with Crippen LogP contribution in [0.2, 0.25) is 0 Å². The maximum Gasteiger partial charge on any atom is 0.123 e. The van der Waals surface area contributed by atoms with Crippen LogP contribution >= 0.6 is 24.2 Å². The molecule has 1 aromatic heterocycles. The molecule has 0 saturated heterocycles.